The Morgan fingerprint density at radius 1 is 1.06 bits per heavy atom. The number of aromatic nitrogens is 4. The van der Waals surface area contributed by atoms with Crippen LogP contribution in [0.1, 0.15) is 46.2 Å². The molecule has 2 aromatic carbocycles. The molecule has 9 heteroatoms. The molecule has 1 saturated heterocycles. The predicted octanol–water partition coefficient (Wildman–Crippen LogP) is 2.63. The number of nitrogens with zero attached hydrogens (tertiary/aromatic N) is 5. The summed E-state index contributed by atoms with van der Waals surface area (Å²) in [5.41, 5.74) is 2.60. The van der Waals surface area contributed by atoms with Crippen molar-refractivity contribution >= 4 is 11.8 Å². The van der Waals surface area contributed by atoms with E-state index in [-0.39, 0.29) is 23.7 Å². The molecule has 0 saturated carbocycles. The molecule has 33 heavy (non-hydrogen) atoms. The molecule has 1 unspecified atom stereocenters. The fourth-order valence-electron chi connectivity index (χ4n) is 4.06. The largest absolute Gasteiger partial charge is 0.351 e. The van der Waals surface area contributed by atoms with Crippen molar-refractivity contribution in [2.75, 3.05) is 13.1 Å². The summed E-state index contributed by atoms with van der Waals surface area (Å²) in [4.78, 5) is 27.8. The number of nitrogens with one attached hydrogen (secondary N) is 1. The van der Waals surface area contributed by atoms with Crippen molar-refractivity contribution < 1.29 is 14.0 Å². The van der Waals surface area contributed by atoms with Crippen molar-refractivity contribution in [3.05, 3.63) is 76.9 Å². The summed E-state index contributed by atoms with van der Waals surface area (Å²) in [6, 6.07) is 12.9. The van der Waals surface area contributed by atoms with Crippen LogP contribution in [-0.4, -0.2) is 56.1 Å². The van der Waals surface area contributed by atoms with Crippen molar-refractivity contribution in [1.82, 2.24) is 30.4 Å². The van der Waals surface area contributed by atoms with Gasteiger partial charge in [0.05, 0.1) is 0 Å². The van der Waals surface area contributed by atoms with Crippen molar-refractivity contribution in [3.8, 4) is 0 Å². The van der Waals surface area contributed by atoms with Gasteiger partial charge in [0.15, 0.2) is 0 Å². The number of benzene rings is 2. The summed E-state index contributed by atoms with van der Waals surface area (Å²) in [5, 5.41) is 14.7. The van der Waals surface area contributed by atoms with Crippen LogP contribution in [0.3, 0.4) is 0 Å². The average molecular weight is 451 g/mol. The third-order valence-corrected chi connectivity index (χ3v) is 6.02. The lowest BCUT2D eigenvalue weighted by Gasteiger charge is -2.33. The van der Waals surface area contributed by atoms with E-state index in [4.69, 9.17) is 0 Å². The van der Waals surface area contributed by atoms with Gasteiger partial charge in [-0.15, -0.1) is 5.10 Å². The molecule has 1 N–H and O–H groups in total. The molecule has 1 fully saturated rings. The fraction of sp³-hybridized carbons (Fsp3) is 0.375. The van der Waals surface area contributed by atoms with E-state index in [0.717, 1.165) is 11.1 Å². The van der Waals surface area contributed by atoms with Crippen LogP contribution in [0.15, 0.2) is 48.5 Å². The minimum absolute atomic E-state index is 0.0123. The molecule has 0 bridgehead atoms. The third-order valence-electron chi connectivity index (χ3n) is 6.02. The van der Waals surface area contributed by atoms with Crippen molar-refractivity contribution in [2.45, 2.75) is 45.2 Å². The van der Waals surface area contributed by atoms with E-state index in [2.05, 4.69) is 20.8 Å². The molecule has 0 radical (unpaired) electrons. The number of likely N-dealkylation sites (tertiary alicyclic amines) is 1. The van der Waals surface area contributed by atoms with Gasteiger partial charge in [-0.1, -0.05) is 29.8 Å². The van der Waals surface area contributed by atoms with Crippen LogP contribution in [0.5, 0.6) is 0 Å². The van der Waals surface area contributed by atoms with Crippen LogP contribution in [0.25, 0.3) is 0 Å². The molecule has 1 aromatic heterocycles. The molecular formula is C24H27FN6O2. The Morgan fingerprint density at radius 2 is 1.73 bits per heavy atom. The zero-order valence-corrected chi connectivity index (χ0v) is 18.7. The van der Waals surface area contributed by atoms with E-state index in [1.165, 1.54) is 16.8 Å². The molecule has 8 nitrogen and oxygen atoms in total. The van der Waals surface area contributed by atoms with Gasteiger partial charge in [0.1, 0.15) is 17.7 Å². The third kappa shape index (κ3) is 5.42. The highest BCUT2D eigenvalue weighted by atomic mass is 19.1. The zero-order valence-electron chi connectivity index (χ0n) is 18.7. The number of halogens is 1. The van der Waals surface area contributed by atoms with E-state index >= 15 is 0 Å². The molecule has 0 spiro atoms. The fourth-order valence-corrected chi connectivity index (χ4v) is 4.06. The van der Waals surface area contributed by atoms with Crippen LogP contribution in [0.2, 0.25) is 0 Å². The highest BCUT2D eigenvalue weighted by Crippen LogP contribution is 2.19. The second kappa shape index (κ2) is 9.89. The van der Waals surface area contributed by atoms with Gasteiger partial charge >= 0.3 is 0 Å². The molecule has 172 valence electrons. The minimum atomic E-state index is -0.655. The minimum Gasteiger partial charge on any atom is -0.351 e. The number of tetrazole rings is 1. The standard InChI is InChI=1S/C24H27FN6O2/c1-16-3-7-19(8-4-16)24(33)30-13-11-21(12-14-30)26-23(32)22(31-17(2)27-28-29-31)15-18-5-9-20(25)10-6-18/h3-10,21-22H,11-15H2,1-2H3,(H,26,32). The number of carbonyl (C=O) groups is 2. The van der Waals surface area contributed by atoms with Crippen LogP contribution in [0, 0.1) is 19.7 Å². The van der Waals surface area contributed by atoms with E-state index in [0.29, 0.717) is 43.7 Å². The SMILES string of the molecule is Cc1ccc(C(=O)N2CCC(NC(=O)C(Cc3ccc(F)cc3)n3nnnc3C)CC2)cc1. The van der Waals surface area contributed by atoms with E-state index in [1.54, 1.807) is 19.1 Å². The summed E-state index contributed by atoms with van der Waals surface area (Å²) in [6.45, 7) is 4.87. The Kier molecular flexibility index (Phi) is 6.76. The Labute approximate surface area is 191 Å². The van der Waals surface area contributed by atoms with Gasteiger partial charge in [0, 0.05) is 31.1 Å². The first-order chi connectivity index (χ1) is 15.9. The first kappa shape index (κ1) is 22.6. The molecule has 4 rings (SSSR count). The van der Waals surface area contributed by atoms with Gasteiger partial charge in [0.2, 0.25) is 5.91 Å². The van der Waals surface area contributed by atoms with E-state index < -0.39 is 6.04 Å². The Hall–Kier alpha value is -3.62. The van der Waals surface area contributed by atoms with Crippen LogP contribution < -0.4 is 5.32 Å². The lowest BCUT2D eigenvalue weighted by molar-refractivity contribution is -0.125. The van der Waals surface area contributed by atoms with Gasteiger partial charge in [-0.3, -0.25) is 9.59 Å². The van der Waals surface area contributed by atoms with Crippen LogP contribution in [0.4, 0.5) is 4.39 Å². The average Bonchev–Trinajstić information content (AvgIpc) is 3.24. The number of carbonyl (C=O) groups excluding carboxylic acids is 2. The van der Waals surface area contributed by atoms with E-state index in [9.17, 15) is 14.0 Å². The molecule has 2 heterocycles. The topological polar surface area (TPSA) is 93.0 Å². The maximum atomic E-state index is 13.3. The maximum absolute atomic E-state index is 13.3. The number of hydrogen-bond donors (Lipinski definition) is 1. The molecule has 0 aliphatic carbocycles. The lowest BCUT2D eigenvalue weighted by atomic mass is 10.0. The molecular weight excluding hydrogens is 423 g/mol. The smallest absolute Gasteiger partial charge is 0.253 e. The zero-order chi connectivity index (χ0) is 23.4. The molecule has 1 aliphatic rings. The Bertz CT molecular complexity index is 1100. The quantitative estimate of drug-likeness (QED) is 0.623. The normalized spacial score (nSPS) is 15.3. The number of piperidine rings is 1. The summed E-state index contributed by atoms with van der Waals surface area (Å²) in [6.07, 6.45) is 1.67. The summed E-state index contributed by atoms with van der Waals surface area (Å²) < 4.78 is 14.8. The molecule has 3 aromatic rings. The number of amides is 2. The maximum Gasteiger partial charge on any atom is 0.253 e. The Balaban J connectivity index is 1.39. The van der Waals surface area contributed by atoms with Crippen molar-refractivity contribution in [1.29, 1.82) is 0 Å². The molecule has 1 atom stereocenters. The predicted molar refractivity (Wildman–Crippen MR) is 120 cm³/mol. The highest BCUT2D eigenvalue weighted by Gasteiger charge is 2.29. The number of hydrogen-bond acceptors (Lipinski definition) is 5. The van der Waals surface area contributed by atoms with E-state index in [1.807, 2.05) is 36.1 Å². The van der Waals surface area contributed by atoms with Crippen LogP contribution >= 0.6 is 0 Å². The van der Waals surface area contributed by atoms with Crippen molar-refractivity contribution in [3.63, 3.8) is 0 Å². The lowest BCUT2D eigenvalue weighted by Crippen LogP contribution is -2.48. The first-order valence-electron chi connectivity index (χ1n) is 11.1. The highest BCUT2D eigenvalue weighted by molar-refractivity contribution is 5.94. The van der Waals surface area contributed by atoms with Crippen molar-refractivity contribution in [2.24, 2.45) is 0 Å². The van der Waals surface area contributed by atoms with Gasteiger partial charge in [0.25, 0.3) is 5.91 Å². The van der Waals surface area contributed by atoms with Crippen LogP contribution in [-0.2, 0) is 11.2 Å². The second-order valence-electron chi connectivity index (χ2n) is 8.46. The van der Waals surface area contributed by atoms with Gasteiger partial charge < -0.3 is 10.2 Å². The number of rotatable bonds is 6. The second-order valence-corrected chi connectivity index (χ2v) is 8.46. The van der Waals surface area contributed by atoms with Gasteiger partial charge in [-0.2, -0.15) is 0 Å². The van der Waals surface area contributed by atoms with Gasteiger partial charge in [-0.25, -0.2) is 9.07 Å². The number of aryl methyl sites for hydroxylation is 2. The Morgan fingerprint density at radius 3 is 2.33 bits per heavy atom. The molecule has 1 aliphatic heterocycles. The summed E-state index contributed by atoms with van der Waals surface area (Å²) in [7, 11) is 0. The summed E-state index contributed by atoms with van der Waals surface area (Å²) >= 11 is 0. The summed E-state index contributed by atoms with van der Waals surface area (Å²) in [5.74, 6) is 0.0115. The molecule has 2 amide bonds. The van der Waals surface area contributed by atoms with Gasteiger partial charge in [-0.05, 0) is 66.9 Å². The first-order valence-corrected chi connectivity index (χ1v) is 11.1. The monoisotopic (exact) mass is 450 g/mol.